The summed E-state index contributed by atoms with van der Waals surface area (Å²) >= 11 is 0. The highest BCUT2D eigenvalue weighted by atomic mass is 31.2. The molecule has 0 aliphatic heterocycles. The molecule has 3 atom stereocenters. The van der Waals surface area contributed by atoms with Gasteiger partial charge in [0, 0.05) is 12.8 Å². The Morgan fingerprint density at radius 3 is 1.23 bits per heavy atom. The Morgan fingerprint density at radius 1 is 0.450 bits per heavy atom. The van der Waals surface area contributed by atoms with Crippen molar-refractivity contribution >= 4 is 19.7 Å². The van der Waals surface area contributed by atoms with Crippen LogP contribution >= 0.6 is 7.82 Å². The fourth-order valence-electron chi connectivity index (χ4n) is 8.22. The van der Waals surface area contributed by atoms with Gasteiger partial charge in [-0.15, -0.1) is 0 Å². The molecule has 9 nitrogen and oxygen atoms in total. The largest absolute Gasteiger partial charge is 0.756 e. The molecule has 454 valence electrons. The third-order valence-corrected chi connectivity index (χ3v) is 14.0. The van der Waals surface area contributed by atoms with Crippen molar-refractivity contribution in [1.82, 2.24) is 5.32 Å². The monoisotopic (exact) mass is 1130 g/mol. The van der Waals surface area contributed by atoms with Crippen molar-refractivity contribution in [2.75, 3.05) is 40.9 Å². The smallest absolute Gasteiger partial charge is 0.306 e. The Labute approximate surface area is 491 Å². The van der Waals surface area contributed by atoms with Crippen molar-refractivity contribution < 1.29 is 37.3 Å². The molecule has 0 aliphatic carbocycles. The van der Waals surface area contributed by atoms with Crippen LogP contribution in [0.5, 0.6) is 0 Å². The number of likely N-dealkylation sites (N-methyl/N-ethyl adjacent to an activating group) is 1. The number of ether oxygens (including phenoxy) is 1. The lowest BCUT2D eigenvalue weighted by molar-refractivity contribution is -0.870. The highest BCUT2D eigenvalue weighted by molar-refractivity contribution is 7.45. The first-order chi connectivity index (χ1) is 38.9. The number of nitrogens with one attached hydrogen (secondary N) is 1. The molecule has 3 unspecified atom stereocenters. The number of carbonyl (C=O) groups excluding carboxylic acids is 2. The molecule has 0 radical (unpaired) electrons. The summed E-state index contributed by atoms with van der Waals surface area (Å²) in [6, 6.07) is -0.945. The molecule has 0 spiro atoms. The Balaban J connectivity index is 5.36. The zero-order valence-electron chi connectivity index (χ0n) is 51.7. The van der Waals surface area contributed by atoms with Crippen LogP contribution in [0.3, 0.4) is 0 Å². The van der Waals surface area contributed by atoms with Crippen molar-refractivity contribution in [3.05, 3.63) is 146 Å². The summed E-state index contributed by atoms with van der Waals surface area (Å²) in [4.78, 5) is 40.0. The number of phosphoric acid groups is 1. The SMILES string of the molecule is CC/C=C\C/C=C\C/C=C\C/C=C\C/C=C\C/C=C\CCC(=O)NC(COP(=O)([O-])OCC[N+](C)(C)C)C(/C=C/CCCCCCCCCCCC)OC(=O)CCCCCCCCC/C=C\C/C=C\C/C=C\C/C=C\C/C=C\CC. The van der Waals surface area contributed by atoms with Crippen molar-refractivity contribution in [2.45, 2.75) is 245 Å². The van der Waals surface area contributed by atoms with Crippen molar-refractivity contribution in [3.8, 4) is 0 Å². The number of hydrogen-bond acceptors (Lipinski definition) is 7. The molecule has 0 aliphatic rings. The lowest BCUT2D eigenvalue weighted by Crippen LogP contribution is -2.47. The Hall–Kier alpha value is -4.11. The molecule has 1 amide bonds. The van der Waals surface area contributed by atoms with E-state index in [9.17, 15) is 19.0 Å². The number of amides is 1. The molecule has 0 rings (SSSR count). The highest BCUT2D eigenvalue weighted by Gasteiger charge is 2.27. The molecule has 0 heterocycles. The van der Waals surface area contributed by atoms with Gasteiger partial charge in [0.15, 0.2) is 0 Å². The average Bonchev–Trinajstić information content (AvgIpc) is 3.42. The Morgan fingerprint density at radius 2 is 0.812 bits per heavy atom. The minimum Gasteiger partial charge on any atom is -0.756 e. The second kappa shape index (κ2) is 58.1. The fourth-order valence-corrected chi connectivity index (χ4v) is 8.94. The third kappa shape index (κ3) is 58.5. The van der Waals surface area contributed by atoms with Crippen LogP contribution in [0.25, 0.3) is 0 Å². The maximum atomic E-state index is 13.5. The standard InChI is InChI=1S/C70H117N2O7P/c1-7-10-13-16-19-22-25-28-30-32-34-35-36-37-39-41-43-45-48-51-54-57-60-63-70(74)79-68(61-58-55-52-49-46-27-24-21-18-15-12-9-3)67(66-78-80(75,76)77-65-64-72(4,5)6)71-69(73)62-59-56-53-50-47-44-42-40-38-33-31-29-26-23-20-17-14-11-8-2/h10-11,13-14,19-20,22-23,28-31,34-35,37-40,44,47,53,56,58,61,67-68H,7-9,12,15-18,21,24-27,32-33,36,41-43,45-46,48-52,54-55,57,59-60,62-66H2,1-6H3,(H-,71,73,75,76)/b13-10-,14-11-,22-19-,23-20-,30-28-,31-29-,35-34-,39-37-,40-38-,47-44-,56-53-,61-58+. The first-order valence-corrected chi connectivity index (χ1v) is 33.1. The number of hydrogen-bond donors (Lipinski definition) is 1. The quantitative estimate of drug-likeness (QED) is 0.0212. The van der Waals surface area contributed by atoms with Crippen LogP contribution in [0.1, 0.15) is 233 Å². The average molecular weight is 1130 g/mol. The van der Waals surface area contributed by atoms with Crippen LogP contribution in [-0.4, -0.2) is 69.4 Å². The number of allylic oxidation sites excluding steroid dienone is 23. The molecule has 0 saturated carbocycles. The number of nitrogens with zero attached hydrogens (tertiary/aromatic N) is 1. The summed E-state index contributed by atoms with van der Waals surface area (Å²) in [6.07, 6.45) is 84.0. The van der Waals surface area contributed by atoms with Gasteiger partial charge in [0.25, 0.3) is 7.82 Å². The van der Waals surface area contributed by atoms with Crippen molar-refractivity contribution in [2.24, 2.45) is 0 Å². The van der Waals surface area contributed by atoms with E-state index in [0.717, 1.165) is 116 Å². The van der Waals surface area contributed by atoms with Crippen molar-refractivity contribution in [1.29, 1.82) is 0 Å². The summed E-state index contributed by atoms with van der Waals surface area (Å²) in [5.74, 6) is -0.663. The van der Waals surface area contributed by atoms with Crippen LogP contribution in [0, 0.1) is 0 Å². The zero-order chi connectivity index (χ0) is 58.6. The Bertz CT molecular complexity index is 1880. The van der Waals surface area contributed by atoms with Gasteiger partial charge in [0.1, 0.15) is 19.3 Å². The minimum atomic E-state index is -4.73. The van der Waals surface area contributed by atoms with Crippen LogP contribution in [-0.2, 0) is 27.9 Å². The van der Waals surface area contributed by atoms with E-state index in [4.69, 9.17) is 13.8 Å². The van der Waals surface area contributed by atoms with Gasteiger partial charge < -0.3 is 28.5 Å². The molecule has 0 aromatic heterocycles. The summed E-state index contributed by atoms with van der Waals surface area (Å²) < 4.78 is 30.3. The zero-order valence-corrected chi connectivity index (χ0v) is 52.6. The van der Waals surface area contributed by atoms with Gasteiger partial charge in [-0.2, -0.15) is 0 Å². The molecule has 0 bridgehead atoms. The van der Waals surface area contributed by atoms with Crippen LogP contribution < -0.4 is 10.2 Å². The van der Waals surface area contributed by atoms with Crippen LogP contribution in [0.15, 0.2) is 146 Å². The highest BCUT2D eigenvalue weighted by Crippen LogP contribution is 2.38. The molecule has 0 saturated heterocycles. The van der Waals surface area contributed by atoms with Gasteiger partial charge >= 0.3 is 5.97 Å². The normalized spacial score (nSPS) is 14.6. The van der Waals surface area contributed by atoms with Crippen molar-refractivity contribution in [3.63, 3.8) is 0 Å². The summed E-state index contributed by atoms with van der Waals surface area (Å²) in [5.41, 5.74) is 0. The summed E-state index contributed by atoms with van der Waals surface area (Å²) in [7, 11) is 1.11. The summed E-state index contributed by atoms with van der Waals surface area (Å²) in [5, 5.41) is 2.97. The van der Waals surface area contributed by atoms with Crippen LogP contribution in [0.2, 0.25) is 0 Å². The minimum absolute atomic E-state index is 0.0461. The molecule has 0 aromatic carbocycles. The van der Waals surface area contributed by atoms with Crippen LogP contribution in [0.4, 0.5) is 0 Å². The molecular formula is C70H117N2O7P. The van der Waals surface area contributed by atoms with Gasteiger partial charge in [0.2, 0.25) is 5.91 Å². The lowest BCUT2D eigenvalue weighted by atomic mass is 10.1. The molecule has 0 fully saturated rings. The lowest BCUT2D eigenvalue weighted by Gasteiger charge is -2.30. The van der Waals surface area contributed by atoms with E-state index in [2.05, 4.69) is 148 Å². The van der Waals surface area contributed by atoms with E-state index >= 15 is 0 Å². The second-order valence-electron chi connectivity index (χ2n) is 21.8. The fraction of sp³-hybridized carbons (Fsp3) is 0.629. The van der Waals surface area contributed by atoms with E-state index in [1.54, 1.807) is 6.08 Å². The number of esters is 1. The summed E-state index contributed by atoms with van der Waals surface area (Å²) in [6.45, 7) is 6.53. The van der Waals surface area contributed by atoms with Gasteiger partial charge in [0.05, 0.1) is 33.8 Å². The Kier molecular flexibility index (Phi) is 55.1. The van der Waals surface area contributed by atoms with E-state index in [-0.39, 0.29) is 31.3 Å². The predicted octanol–water partition coefficient (Wildman–Crippen LogP) is 19.2. The number of phosphoric ester groups is 1. The molecular weight excluding hydrogens is 1010 g/mol. The van der Waals surface area contributed by atoms with E-state index in [1.165, 1.54) is 70.6 Å². The first-order valence-electron chi connectivity index (χ1n) is 31.6. The molecule has 0 aromatic rings. The molecule has 1 N–H and O–H groups in total. The predicted molar refractivity (Wildman–Crippen MR) is 343 cm³/mol. The second-order valence-corrected chi connectivity index (χ2v) is 23.2. The van der Waals surface area contributed by atoms with E-state index in [1.807, 2.05) is 39.4 Å². The van der Waals surface area contributed by atoms with Gasteiger partial charge in [-0.05, 0) is 115 Å². The number of unbranched alkanes of at least 4 members (excludes halogenated alkanes) is 17. The molecule has 10 heteroatoms. The third-order valence-electron chi connectivity index (χ3n) is 13.0. The van der Waals surface area contributed by atoms with Gasteiger partial charge in [-0.1, -0.05) is 250 Å². The topological polar surface area (TPSA) is 114 Å². The first kappa shape index (κ1) is 75.9. The molecule has 80 heavy (non-hydrogen) atoms. The van der Waals surface area contributed by atoms with E-state index < -0.39 is 26.6 Å². The maximum absolute atomic E-state index is 13.5. The van der Waals surface area contributed by atoms with Gasteiger partial charge in [-0.3, -0.25) is 14.2 Å². The number of rotatable bonds is 55. The van der Waals surface area contributed by atoms with Gasteiger partial charge in [-0.25, -0.2) is 0 Å². The number of carbonyl (C=O) groups is 2. The maximum Gasteiger partial charge on any atom is 0.306 e. The van der Waals surface area contributed by atoms with E-state index in [0.29, 0.717) is 23.9 Å². The number of quaternary nitrogens is 1.